The zero-order valence-electron chi connectivity index (χ0n) is 19.4. The molecule has 0 bridgehead atoms. The first-order chi connectivity index (χ1) is 16.6. The van der Waals surface area contributed by atoms with E-state index < -0.39 is 0 Å². The molecule has 0 fully saturated rings. The number of methoxy groups -OCH3 is 1. The van der Waals surface area contributed by atoms with Gasteiger partial charge in [-0.25, -0.2) is 4.98 Å². The van der Waals surface area contributed by atoms with Crippen LogP contribution in [0.5, 0.6) is 5.75 Å². The maximum atomic E-state index is 5.38. The Bertz CT molecular complexity index is 1440. The number of ether oxygens (including phenoxy) is 1. The van der Waals surface area contributed by atoms with Crippen LogP contribution in [-0.4, -0.2) is 21.6 Å². The largest absolute Gasteiger partial charge is 0.497 e. The van der Waals surface area contributed by atoms with Crippen LogP contribution in [-0.2, 0) is 6.54 Å². The Morgan fingerprint density at radius 3 is 2.50 bits per heavy atom. The second-order valence-corrected chi connectivity index (χ2v) is 9.06. The van der Waals surface area contributed by atoms with E-state index in [2.05, 4.69) is 87.7 Å². The molecule has 2 heterocycles. The summed E-state index contributed by atoms with van der Waals surface area (Å²) in [6, 6.07) is 25.3. The molecule has 0 aliphatic heterocycles. The molecule has 1 N–H and O–H groups in total. The number of anilines is 1. The molecule has 5 nitrogen and oxygen atoms in total. The zero-order chi connectivity index (χ0) is 23.5. The lowest BCUT2D eigenvalue weighted by Crippen LogP contribution is -2.01. The van der Waals surface area contributed by atoms with Gasteiger partial charge in [-0.1, -0.05) is 42.5 Å². The van der Waals surface area contributed by atoms with Crippen molar-refractivity contribution in [3.63, 3.8) is 0 Å². The zero-order valence-corrected chi connectivity index (χ0v) is 20.3. The van der Waals surface area contributed by atoms with Crippen LogP contribution >= 0.6 is 11.9 Å². The van der Waals surface area contributed by atoms with Crippen LogP contribution in [0.1, 0.15) is 16.8 Å². The molecule has 34 heavy (non-hydrogen) atoms. The number of aromatic nitrogens is 3. The van der Waals surface area contributed by atoms with Crippen LogP contribution in [0, 0.1) is 13.8 Å². The molecule has 5 aromatic rings. The van der Waals surface area contributed by atoms with E-state index in [9.17, 15) is 0 Å². The molecule has 2 aromatic heterocycles. The monoisotopic (exact) mass is 466 g/mol. The molecule has 0 aliphatic carbocycles. The Hall–Kier alpha value is -3.77. The van der Waals surface area contributed by atoms with E-state index in [1.807, 2.05) is 18.2 Å². The van der Waals surface area contributed by atoms with Crippen molar-refractivity contribution in [3.05, 3.63) is 102 Å². The molecule has 0 saturated heterocycles. The van der Waals surface area contributed by atoms with Crippen LogP contribution in [0.3, 0.4) is 0 Å². The van der Waals surface area contributed by atoms with E-state index in [0.717, 1.165) is 29.4 Å². The van der Waals surface area contributed by atoms with Crippen molar-refractivity contribution in [2.45, 2.75) is 25.3 Å². The molecule has 0 aliphatic rings. The first-order valence-corrected chi connectivity index (χ1v) is 12.0. The van der Waals surface area contributed by atoms with Gasteiger partial charge in [-0.3, -0.25) is 4.98 Å². The number of nitrogens with zero attached hydrogens (tertiary/aromatic N) is 3. The van der Waals surface area contributed by atoms with Gasteiger partial charge in [0, 0.05) is 46.0 Å². The van der Waals surface area contributed by atoms with Crippen molar-refractivity contribution < 1.29 is 4.74 Å². The summed E-state index contributed by atoms with van der Waals surface area (Å²) in [6.45, 7) is 5.05. The fourth-order valence-corrected chi connectivity index (χ4v) is 4.80. The highest BCUT2D eigenvalue weighted by atomic mass is 32.2. The molecule has 5 rings (SSSR count). The van der Waals surface area contributed by atoms with E-state index in [-0.39, 0.29) is 0 Å². The van der Waals surface area contributed by atoms with Gasteiger partial charge in [0.05, 0.1) is 7.11 Å². The first kappa shape index (κ1) is 22.0. The Balaban J connectivity index is 1.37. The van der Waals surface area contributed by atoms with Gasteiger partial charge in [0.1, 0.15) is 11.4 Å². The van der Waals surface area contributed by atoms with Gasteiger partial charge < -0.3 is 14.0 Å². The minimum Gasteiger partial charge on any atom is -0.497 e. The summed E-state index contributed by atoms with van der Waals surface area (Å²) in [7, 11) is 1.70. The smallest absolute Gasteiger partial charge is 0.162 e. The van der Waals surface area contributed by atoms with Gasteiger partial charge in [0.15, 0.2) is 5.82 Å². The summed E-state index contributed by atoms with van der Waals surface area (Å²) in [5.74, 6) is 1.63. The highest BCUT2D eigenvalue weighted by molar-refractivity contribution is 8.00. The topological polar surface area (TPSA) is 52.0 Å². The van der Waals surface area contributed by atoms with Crippen molar-refractivity contribution in [2.24, 2.45) is 0 Å². The van der Waals surface area contributed by atoms with E-state index in [0.29, 0.717) is 0 Å². The third-order valence-electron chi connectivity index (χ3n) is 5.93. The Morgan fingerprint density at radius 2 is 1.71 bits per heavy atom. The third-order valence-corrected chi connectivity index (χ3v) is 6.91. The number of fused-ring (bicyclic) bond motifs is 1. The summed E-state index contributed by atoms with van der Waals surface area (Å²) in [5, 5.41) is 1.19. The highest BCUT2D eigenvalue weighted by Gasteiger charge is 2.11. The normalized spacial score (nSPS) is 11.0. The number of aryl methyl sites for hydroxylation is 2. The van der Waals surface area contributed by atoms with Crippen LogP contribution in [0.4, 0.5) is 5.82 Å². The highest BCUT2D eigenvalue weighted by Crippen LogP contribution is 2.30. The standard InChI is InChI=1S/C28H26N4OS/c1-19-6-4-5-7-26(19)34-31-28-27(29-14-15-30-28)22-10-8-21(9-11-22)18-32-20(2)16-23-17-24(33-3)12-13-25(23)32/h4-17H,18H2,1-3H3,(H,30,31). The predicted octanol–water partition coefficient (Wildman–Crippen LogP) is 6.89. The Morgan fingerprint density at radius 1 is 0.912 bits per heavy atom. The molecular weight excluding hydrogens is 440 g/mol. The fourth-order valence-electron chi connectivity index (χ4n) is 4.07. The minimum atomic E-state index is 0.754. The van der Waals surface area contributed by atoms with Crippen molar-refractivity contribution in [1.29, 1.82) is 0 Å². The average molecular weight is 467 g/mol. The summed E-state index contributed by atoms with van der Waals surface area (Å²) in [6.07, 6.45) is 3.45. The van der Waals surface area contributed by atoms with Gasteiger partial charge >= 0.3 is 0 Å². The third kappa shape index (κ3) is 4.50. The lowest BCUT2D eigenvalue weighted by atomic mass is 10.1. The summed E-state index contributed by atoms with van der Waals surface area (Å²) >= 11 is 1.56. The van der Waals surface area contributed by atoms with E-state index in [4.69, 9.17) is 4.74 Å². The summed E-state index contributed by atoms with van der Waals surface area (Å²) in [5.41, 5.74) is 6.75. The maximum absolute atomic E-state index is 5.38. The molecular formula is C28H26N4OS. The molecule has 0 amide bonds. The predicted molar refractivity (Wildman–Crippen MR) is 140 cm³/mol. The molecule has 0 atom stereocenters. The van der Waals surface area contributed by atoms with E-state index >= 15 is 0 Å². The molecule has 0 saturated carbocycles. The van der Waals surface area contributed by atoms with Crippen LogP contribution < -0.4 is 9.46 Å². The minimum absolute atomic E-state index is 0.754. The number of hydrogen-bond acceptors (Lipinski definition) is 5. The molecule has 0 spiro atoms. The van der Waals surface area contributed by atoms with Gasteiger partial charge in [-0.2, -0.15) is 0 Å². The summed E-state index contributed by atoms with van der Waals surface area (Å²) in [4.78, 5) is 10.3. The number of benzene rings is 3. The van der Waals surface area contributed by atoms with Crippen molar-refractivity contribution in [3.8, 4) is 17.0 Å². The second-order valence-electron chi connectivity index (χ2n) is 8.22. The maximum Gasteiger partial charge on any atom is 0.162 e. The fraction of sp³-hybridized carbons (Fsp3) is 0.143. The van der Waals surface area contributed by atoms with Gasteiger partial charge in [0.25, 0.3) is 0 Å². The lowest BCUT2D eigenvalue weighted by molar-refractivity contribution is 0.415. The Kier molecular flexibility index (Phi) is 6.23. The number of hydrogen-bond donors (Lipinski definition) is 1. The SMILES string of the molecule is COc1ccc2c(c1)cc(C)n2Cc1ccc(-c2nccnc2NSc2ccccc2C)cc1. The van der Waals surface area contributed by atoms with E-state index in [1.54, 1.807) is 31.5 Å². The first-order valence-electron chi connectivity index (χ1n) is 11.1. The van der Waals surface area contributed by atoms with Crippen LogP contribution in [0.2, 0.25) is 0 Å². The van der Waals surface area contributed by atoms with Crippen molar-refractivity contribution in [1.82, 2.24) is 14.5 Å². The van der Waals surface area contributed by atoms with Gasteiger partial charge in [0.2, 0.25) is 0 Å². The molecule has 0 unspecified atom stereocenters. The second kappa shape index (κ2) is 9.61. The molecule has 6 heteroatoms. The quantitative estimate of drug-likeness (QED) is 0.265. The van der Waals surface area contributed by atoms with E-state index in [1.165, 1.54) is 32.6 Å². The Labute approximate surface area is 204 Å². The van der Waals surface area contributed by atoms with Crippen molar-refractivity contribution in [2.75, 3.05) is 11.8 Å². The van der Waals surface area contributed by atoms with Crippen LogP contribution in [0.15, 0.2) is 90.1 Å². The summed E-state index contributed by atoms with van der Waals surface area (Å²) < 4.78 is 11.1. The number of rotatable bonds is 7. The van der Waals surface area contributed by atoms with Crippen molar-refractivity contribution >= 4 is 28.7 Å². The van der Waals surface area contributed by atoms with Gasteiger partial charge in [-0.05, 0) is 67.3 Å². The average Bonchev–Trinajstić information content (AvgIpc) is 3.18. The molecule has 170 valence electrons. The lowest BCUT2D eigenvalue weighted by Gasteiger charge is -2.12. The molecule has 0 radical (unpaired) electrons. The number of nitrogens with one attached hydrogen (secondary N) is 1. The molecule has 3 aromatic carbocycles. The van der Waals surface area contributed by atoms with Gasteiger partial charge in [-0.15, -0.1) is 0 Å². The van der Waals surface area contributed by atoms with Crippen LogP contribution in [0.25, 0.3) is 22.2 Å².